The van der Waals surface area contributed by atoms with Crippen molar-refractivity contribution in [3.05, 3.63) is 65.2 Å². The molecule has 0 atom stereocenters. The molecule has 0 aliphatic carbocycles. The SMILES string of the molecule is O=C(Cc1ccccc1)Nc1ccc2c(c1)C(=O)NC2. The van der Waals surface area contributed by atoms with Crippen LogP contribution in [0.1, 0.15) is 21.5 Å². The summed E-state index contributed by atoms with van der Waals surface area (Å²) in [6.07, 6.45) is 0.324. The standard InChI is InChI=1S/C16H14N2O2/c19-15(8-11-4-2-1-3-5-11)18-13-7-6-12-10-17-16(20)14(12)9-13/h1-7,9H,8,10H2,(H,17,20)(H,18,19). The van der Waals surface area contributed by atoms with Crippen molar-refractivity contribution in [2.24, 2.45) is 0 Å². The van der Waals surface area contributed by atoms with Gasteiger partial charge in [-0.15, -0.1) is 0 Å². The van der Waals surface area contributed by atoms with Crippen LogP contribution in [0.2, 0.25) is 0 Å². The van der Waals surface area contributed by atoms with E-state index in [1.54, 1.807) is 6.07 Å². The van der Waals surface area contributed by atoms with E-state index in [0.29, 0.717) is 24.2 Å². The summed E-state index contributed by atoms with van der Waals surface area (Å²) in [7, 11) is 0. The zero-order chi connectivity index (χ0) is 13.9. The van der Waals surface area contributed by atoms with Gasteiger partial charge in [0.1, 0.15) is 0 Å². The summed E-state index contributed by atoms with van der Waals surface area (Å²) in [4.78, 5) is 23.5. The molecule has 4 heteroatoms. The third kappa shape index (κ3) is 2.54. The van der Waals surface area contributed by atoms with E-state index in [1.807, 2.05) is 42.5 Å². The van der Waals surface area contributed by atoms with Gasteiger partial charge in [0.2, 0.25) is 5.91 Å². The van der Waals surface area contributed by atoms with Gasteiger partial charge in [-0.25, -0.2) is 0 Å². The Balaban J connectivity index is 1.71. The Kier molecular flexibility index (Phi) is 3.21. The number of fused-ring (bicyclic) bond motifs is 1. The van der Waals surface area contributed by atoms with Crippen molar-refractivity contribution >= 4 is 17.5 Å². The number of benzene rings is 2. The van der Waals surface area contributed by atoms with E-state index in [-0.39, 0.29) is 11.8 Å². The first-order chi connectivity index (χ1) is 9.72. The number of carbonyl (C=O) groups is 2. The summed E-state index contributed by atoms with van der Waals surface area (Å²) in [5.41, 5.74) is 3.23. The fourth-order valence-electron chi connectivity index (χ4n) is 2.28. The number of amides is 2. The molecule has 1 heterocycles. The van der Waals surface area contributed by atoms with Crippen molar-refractivity contribution < 1.29 is 9.59 Å². The van der Waals surface area contributed by atoms with E-state index in [9.17, 15) is 9.59 Å². The van der Waals surface area contributed by atoms with Gasteiger partial charge in [0.15, 0.2) is 0 Å². The van der Waals surface area contributed by atoms with Gasteiger partial charge >= 0.3 is 0 Å². The van der Waals surface area contributed by atoms with Crippen LogP contribution in [0, 0.1) is 0 Å². The van der Waals surface area contributed by atoms with Crippen LogP contribution in [0.4, 0.5) is 5.69 Å². The van der Waals surface area contributed by atoms with Crippen LogP contribution < -0.4 is 10.6 Å². The lowest BCUT2D eigenvalue weighted by molar-refractivity contribution is -0.115. The average Bonchev–Trinajstić information content (AvgIpc) is 2.81. The molecule has 0 unspecified atom stereocenters. The monoisotopic (exact) mass is 266 g/mol. The zero-order valence-corrected chi connectivity index (χ0v) is 10.8. The van der Waals surface area contributed by atoms with Gasteiger partial charge in [0.25, 0.3) is 5.91 Å². The fraction of sp³-hybridized carbons (Fsp3) is 0.125. The number of anilines is 1. The Labute approximate surface area is 116 Å². The molecule has 4 nitrogen and oxygen atoms in total. The van der Waals surface area contributed by atoms with Crippen molar-refractivity contribution in [3.63, 3.8) is 0 Å². The topological polar surface area (TPSA) is 58.2 Å². The van der Waals surface area contributed by atoms with Crippen LogP contribution in [0.5, 0.6) is 0 Å². The largest absolute Gasteiger partial charge is 0.348 e. The number of hydrogen-bond donors (Lipinski definition) is 2. The lowest BCUT2D eigenvalue weighted by atomic mass is 10.1. The zero-order valence-electron chi connectivity index (χ0n) is 10.8. The number of carbonyl (C=O) groups excluding carboxylic acids is 2. The van der Waals surface area contributed by atoms with E-state index in [0.717, 1.165) is 11.1 Å². The van der Waals surface area contributed by atoms with E-state index in [2.05, 4.69) is 10.6 Å². The van der Waals surface area contributed by atoms with Gasteiger partial charge in [0.05, 0.1) is 6.42 Å². The molecule has 2 aromatic rings. The minimum absolute atomic E-state index is 0.0841. The van der Waals surface area contributed by atoms with Crippen molar-refractivity contribution in [2.75, 3.05) is 5.32 Å². The molecule has 100 valence electrons. The maximum Gasteiger partial charge on any atom is 0.251 e. The second-order valence-corrected chi connectivity index (χ2v) is 4.77. The van der Waals surface area contributed by atoms with E-state index >= 15 is 0 Å². The highest BCUT2D eigenvalue weighted by molar-refractivity contribution is 6.00. The Morgan fingerprint density at radius 1 is 1.15 bits per heavy atom. The first kappa shape index (κ1) is 12.4. The third-order valence-corrected chi connectivity index (χ3v) is 3.29. The molecule has 0 bridgehead atoms. The predicted molar refractivity (Wildman–Crippen MR) is 76.4 cm³/mol. The lowest BCUT2D eigenvalue weighted by Gasteiger charge is -2.06. The molecule has 2 amide bonds. The second kappa shape index (κ2) is 5.17. The second-order valence-electron chi connectivity index (χ2n) is 4.77. The Hall–Kier alpha value is -2.62. The van der Waals surface area contributed by atoms with Gasteiger partial charge in [0, 0.05) is 17.8 Å². The summed E-state index contributed by atoms with van der Waals surface area (Å²) in [6.45, 7) is 0.562. The van der Waals surface area contributed by atoms with Crippen LogP contribution >= 0.6 is 0 Å². The summed E-state index contributed by atoms with van der Waals surface area (Å²) in [5, 5.41) is 5.58. The normalized spacial score (nSPS) is 12.7. The quantitative estimate of drug-likeness (QED) is 0.894. The number of hydrogen-bond acceptors (Lipinski definition) is 2. The molecule has 3 rings (SSSR count). The average molecular weight is 266 g/mol. The maximum atomic E-state index is 12.0. The van der Waals surface area contributed by atoms with Gasteiger partial charge in [-0.05, 0) is 23.3 Å². The smallest absolute Gasteiger partial charge is 0.251 e. The van der Waals surface area contributed by atoms with Crippen LogP contribution in [0.15, 0.2) is 48.5 Å². The third-order valence-electron chi connectivity index (χ3n) is 3.29. The first-order valence-corrected chi connectivity index (χ1v) is 6.47. The molecule has 1 aliphatic heterocycles. The first-order valence-electron chi connectivity index (χ1n) is 6.47. The fourth-order valence-corrected chi connectivity index (χ4v) is 2.28. The minimum atomic E-state index is -0.0884. The van der Waals surface area contributed by atoms with Crippen molar-refractivity contribution in [3.8, 4) is 0 Å². The van der Waals surface area contributed by atoms with Crippen LogP contribution in [-0.4, -0.2) is 11.8 Å². The van der Waals surface area contributed by atoms with Crippen molar-refractivity contribution in [1.82, 2.24) is 5.32 Å². The molecule has 1 aliphatic rings. The highest BCUT2D eigenvalue weighted by Crippen LogP contribution is 2.20. The molecule has 0 spiro atoms. The van der Waals surface area contributed by atoms with Gasteiger partial charge in [-0.2, -0.15) is 0 Å². The van der Waals surface area contributed by atoms with Gasteiger partial charge in [-0.3, -0.25) is 9.59 Å². The molecule has 2 N–H and O–H groups in total. The van der Waals surface area contributed by atoms with Crippen LogP contribution in [0.3, 0.4) is 0 Å². The molecular formula is C16H14N2O2. The maximum absolute atomic E-state index is 12.0. The van der Waals surface area contributed by atoms with Crippen LogP contribution in [0.25, 0.3) is 0 Å². The Morgan fingerprint density at radius 3 is 2.75 bits per heavy atom. The molecule has 0 aromatic heterocycles. The van der Waals surface area contributed by atoms with Crippen molar-refractivity contribution in [1.29, 1.82) is 0 Å². The number of rotatable bonds is 3. The van der Waals surface area contributed by atoms with Gasteiger partial charge in [-0.1, -0.05) is 36.4 Å². The minimum Gasteiger partial charge on any atom is -0.348 e. The van der Waals surface area contributed by atoms with E-state index < -0.39 is 0 Å². The Bertz CT molecular complexity index is 665. The van der Waals surface area contributed by atoms with Crippen molar-refractivity contribution in [2.45, 2.75) is 13.0 Å². The molecule has 20 heavy (non-hydrogen) atoms. The van der Waals surface area contributed by atoms with Gasteiger partial charge < -0.3 is 10.6 Å². The summed E-state index contributed by atoms with van der Waals surface area (Å²) in [5.74, 6) is -0.172. The summed E-state index contributed by atoms with van der Waals surface area (Å²) in [6, 6.07) is 15.0. The highest BCUT2D eigenvalue weighted by Gasteiger charge is 2.18. The molecule has 0 radical (unpaired) electrons. The molecular weight excluding hydrogens is 252 g/mol. The summed E-state index contributed by atoms with van der Waals surface area (Å²) < 4.78 is 0. The lowest BCUT2D eigenvalue weighted by Crippen LogP contribution is -2.15. The highest BCUT2D eigenvalue weighted by atomic mass is 16.2. The van der Waals surface area contributed by atoms with Crippen LogP contribution in [-0.2, 0) is 17.8 Å². The molecule has 0 saturated heterocycles. The summed E-state index contributed by atoms with van der Waals surface area (Å²) >= 11 is 0. The molecule has 0 fully saturated rings. The molecule has 0 saturated carbocycles. The van der Waals surface area contributed by atoms with E-state index in [1.165, 1.54) is 0 Å². The predicted octanol–water partition coefficient (Wildman–Crippen LogP) is 2.11. The Morgan fingerprint density at radius 2 is 1.95 bits per heavy atom. The van der Waals surface area contributed by atoms with E-state index in [4.69, 9.17) is 0 Å². The number of nitrogens with one attached hydrogen (secondary N) is 2. The molecule has 2 aromatic carbocycles.